The number of nitro groups is 1. The van der Waals surface area contributed by atoms with E-state index in [1.807, 2.05) is 0 Å². The lowest BCUT2D eigenvalue weighted by atomic mass is 9.83. The number of carboxylic acid groups (broad SMARTS) is 1. The van der Waals surface area contributed by atoms with Crippen LogP contribution in [0.5, 0.6) is 0 Å². The molecule has 0 radical (unpaired) electrons. The van der Waals surface area contributed by atoms with Gasteiger partial charge in [-0.25, -0.2) is 0 Å². The molecule has 0 aliphatic rings. The van der Waals surface area contributed by atoms with Crippen LogP contribution in [0.1, 0.15) is 19.4 Å². The van der Waals surface area contributed by atoms with Crippen LogP contribution in [0.3, 0.4) is 0 Å². The maximum atomic E-state index is 11.1. The second-order valence-corrected chi connectivity index (χ2v) is 4.17. The van der Waals surface area contributed by atoms with Gasteiger partial charge in [0.05, 0.1) is 10.3 Å². The van der Waals surface area contributed by atoms with Crippen molar-refractivity contribution >= 4 is 17.3 Å². The van der Waals surface area contributed by atoms with E-state index in [0.29, 0.717) is 5.69 Å². The van der Waals surface area contributed by atoms with E-state index in [1.165, 1.54) is 26.0 Å². The van der Waals surface area contributed by atoms with Crippen LogP contribution in [-0.2, 0) is 10.2 Å². The van der Waals surface area contributed by atoms with Gasteiger partial charge in [0.1, 0.15) is 0 Å². The Morgan fingerprint density at radius 1 is 1.47 bits per heavy atom. The zero-order valence-corrected chi connectivity index (χ0v) is 9.85. The van der Waals surface area contributed by atoms with Gasteiger partial charge in [-0.1, -0.05) is 0 Å². The molecule has 0 saturated carbocycles. The number of carboxylic acids is 1. The lowest BCUT2D eigenvalue weighted by molar-refractivity contribution is -0.385. The van der Waals surface area contributed by atoms with Gasteiger partial charge >= 0.3 is 5.97 Å². The number of benzene rings is 1. The topological polar surface area (TPSA) is 92.5 Å². The Bertz CT molecular complexity index is 469. The van der Waals surface area contributed by atoms with Crippen molar-refractivity contribution in [1.82, 2.24) is 0 Å². The van der Waals surface area contributed by atoms with Crippen LogP contribution >= 0.6 is 0 Å². The number of anilines is 1. The summed E-state index contributed by atoms with van der Waals surface area (Å²) >= 11 is 0. The highest BCUT2D eigenvalue weighted by molar-refractivity contribution is 5.82. The summed E-state index contributed by atoms with van der Waals surface area (Å²) in [7, 11) is 1.64. The van der Waals surface area contributed by atoms with Crippen LogP contribution in [0.4, 0.5) is 11.4 Å². The fraction of sp³-hybridized carbons (Fsp3) is 0.364. The van der Waals surface area contributed by atoms with Crippen molar-refractivity contribution in [2.75, 3.05) is 12.4 Å². The highest BCUT2D eigenvalue weighted by atomic mass is 16.6. The molecule has 0 fully saturated rings. The second-order valence-electron chi connectivity index (χ2n) is 4.17. The van der Waals surface area contributed by atoms with E-state index in [-0.39, 0.29) is 11.3 Å². The summed E-state index contributed by atoms with van der Waals surface area (Å²) in [5.74, 6) is -1.10. The smallest absolute Gasteiger partial charge is 0.313 e. The van der Waals surface area contributed by atoms with Crippen LogP contribution in [0.2, 0.25) is 0 Å². The number of nitrogens with one attached hydrogen (secondary N) is 1. The van der Waals surface area contributed by atoms with Crippen molar-refractivity contribution in [3.63, 3.8) is 0 Å². The molecule has 0 amide bonds. The minimum absolute atomic E-state index is 0.189. The molecule has 6 nitrogen and oxygen atoms in total. The molecule has 1 rings (SSSR count). The number of hydrogen-bond donors (Lipinski definition) is 2. The first-order valence-electron chi connectivity index (χ1n) is 5.00. The first kappa shape index (κ1) is 13.0. The second kappa shape index (κ2) is 4.40. The van der Waals surface area contributed by atoms with Gasteiger partial charge in [0, 0.05) is 24.4 Å². The van der Waals surface area contributed by atoms with Gasteiger partial charge in [-0.2, -0.15) is 0 Å². The normalized spacial score (nSPS) is 11.0. The molecule has 1 aromatic carbocycles. The number of nitro benzene ring substituents is 1. The molecule has 0 heterocycles. The molecular weight excluding hydrogens is 224 g/mol. The number of carbonyl (C=O) groups is 1. The summed E-state index contributed by atoms with van der Waals surface area (Å²) < 4.78 is 0. The third-order valence-corrected chi connectivity index (χ3v) is 2.69. The molecule has 0 aromatic heterocycles. The lowest BCUT2D eigenvalue weighted by Crippen LogP contribution is -2.29. The van der Waals surface area contributed by atoms with Gasteiger partial charge in [0.25, 0.3) is 5.69 Å². The van der Waals surface area contributed by atoms with Gasteiger partial charge in [0.2, 0.25) is 0 Å². The number of nitrogens with zero attached hydrogens (tertiary/aromatic N) is 1. The molecular formula is C11H14N2O4. The molecule has 0 spiro atoms. The van der Waals surface area contributed by atoms with Crippen molar-refractivity contribution < 1.29 is 14.8 Å². The van der Waals surface area contributed by atoms with Crippen molar-refractivity contribution in [1.29, 1.82) is 0 Å². The van der Waals surface area contributed by atoms with Crippen molar-refractivity contribution in [3.05, 3.63) is 33.9 Å². The molecule has 92 valence electrons. The summed E-state index contributed by atoms with van der Waals surface area (Å²) in [6.07, 6.45) is 0. The van der Waals surface area contributed by atoms with Crippen LogP contribution in [0.15, 0.2) is 18.2 Å². The molecule has 17 heavy (non-hydrogen) atoms. The molecule has 0 bridgehead atoms. The van der Waals surface area contributed by atoms with Crippen LogP contribution in [0.25, 0.3) is 0 Å². The minimum atomic E-state index is -1.30. The molecule has 0 saturated heterocycles. The quantitative estimate of drug-likeness (QED) is 0.618. The van der Waals surface area contributed by atoms with Gasteiger partial charge in [-0.05, 0) is 26.0 Å². The Morgan fingerprint density at radius 3 is 2.47 bits per heavy atom. The molecule has 0 aliphatic heterocycles. The van der Waals surface area contributed by atoms with E-state index in [9.17, 15) is 14.9 Å². The monoisotopic (exact) mass is 238 g/mol. The van der Waals surface area contributed by atoms with Gasteiger partial charge < -0.3 is 10.4 Å². The van der Waals surface area contributed by atoms with Crippen LogP contribution in [-0.4, -0.2) is 23.0 Å². The first-order valence-corrected chi connectivity index (χ1v) is 5.00. The largest absolute Gasteiger partial charge is 0.481 e. The SMILES string of the molecule is CNc1ccc(C(C)(C)C(=O)O)c([N+](=O)[O-])c1. The zero-order chi connectivity index (χ0) is 13.2. The number of rotatable bonds is 4. The molecule has 1 aromatic rings. The Kier molecular flexibility index (Phi) is 3.36. The summed E-state index contributed by atoms with van der Waals surface area (Å²) in [6, 6.07) is 4.42. The standard InChI is InChI=1S/C11H14N2O4/c1-11(2,10(14)15)8-5-4-7(12-3)6-9(8)13(16)17/h4-6,12H,1-3H3,(H,14,15). The fourth-order valence-corrected chi connectivity index (χ4v) is 1.48. The summed E-state index contributed by atoms with van der Waals surface area (Å²) in [5, 5.41) is 22.8. The Morgan fingerprint density at radius 2 is 2.06 bits per heavy atom. The Hall–Kier alpha value is -2.11. The fourth-order valence-electron chi connectivity index (χ4n) is 1.48. The van der Waals surface area contributed by atoms with Gasteiger partial charge in [-0.3, -0.25) is 14.9 Å². The summed E-state index contributed by atoms with van der Waals surface area (Å²) in [5.41, 5.74) is -0.728. The average Bonchev–Trinajstić information content (AvgIpc) is 2.27. The Balaban J connectivity index is 3.43. The minimum Gasteiger partial charge on any atom is -0.481 e. The van der Waals surface area contributed by atoms with Crippen LogP contribution in [0, 0.1) is 10.1 Å². The maximum absolute atomic E-state index is 11.1. The van der Waals surface area contributed by atoms with Gasteiger partial charge in [-0.15, -0.1) is 0 Å². The summed E-state index contributed by atoms with van der Waals surface area (Å²) in [6.45, 7) is 2.88. The predicted molar refractivity (Wildman–Crippen MR) is 63.3 cm³/mol. The van der Waals surface area contributed by atoms with E-state index in [0.717, 1.165) is 0 Å². The van der Waals surface area contributed by atoms with E-state index in [1.54, 1.807) is 13.1 Å². The molecule has 0 atom stereocenters. The third kappa shape index (κ3) is 2.35. The number of aliphatic carboxylic acids is 1. The average molecular weight is 238 g/mol. The molecule has 0 aliphatic carbocycles. The van der Waals surface area contributed by atoms with E-state index in [2.05, 4.69) is 5.32 Å². The summed E-state index contributed by atoms with van der Waals surface area (Å²) in [4.78, 5) is 21.5. The molecule has 2 N–H and O–H groups in total. The maximum Gasteiger partial charge on any atom is 0.313 e. The van der Waals surface area contributed by atoms with Crippen molar-refractivity contribution in [2.24, 2.45) is 0 Å². The predicted octanol–water partition coefficient (Wildman–Crippen LogP) is 2.00. The first-order chi connectivity index (χ1) is 7.80. The van der Waals surface area contributed by atoms with Gasteiger partial charge in [0.15, 0.2) is 0 Å². The highest BCUT2D eigenvalue weighted by Gasteiger charge is 2.35. The van der Waals surface area contributed by atoms with E-state index >= 15 is 0 Å². The zero-order valence-electron chi connectivity index (χ0n) is 9.85. The van der Waals surface area contributed by atoms with Crippen molar-refractivity contribution in [3.8, 4) is 0 Å². The van der Waals surface area contributed by atoms with E-state index < -0.39 is 16.3 Å². The van der Waals surface area contributed by atoms with E-state index in [4.69, 9.17) is 5.11 Å². The molecule has 0 unspecified atom stereocenters. The van der Waals surface area contributed by atoms with Crippen LogP contribution < -0.4 is 5.32 Å². The van der Waals surface area contributed by atoms with Crippen molar-refractivity contribution in [2.45, 2.75) is 19.3 Å². The lowest BCUT2D eigenvalue weighted by Gasteiger charge is -2.19. The number of hydrogen-bond acceptors (Lipinski definition) is 4. The highest BCUT2D eigenvalue weighted by Crippen LogP contribution is 2.33. The molecule has 6 heteroatoms. The third-order valence-electron chi connectivity index (χ3n) is 2.69. The Labute approximate surface area is 98.4 Å².